The van der Waals surface area contributed by atoms with Crippen molar-refractivity contribution >= 4 is 5.97 Å². The fourth-order valence-electron chi connectivity index (χ4n) is 1.46. The van der Waals surface area contributed by atoms with E-state index >= 15 is 0 Å². The minimum Gasteiger partial charge on any atom is -0.478 e. The molecule has 0 aromatic rings. The molecule has 0 atom stereocenters. The highest BCUT2D eigenvalue weighted by Crippen LogP contribution is 2.17. The highest BCUT2D eigenvalue weighted by molar-refractivity contribution is 5.91. The van der Waals surface area contributed by atoms with Crippen molar-refractivity contribution < 1.29 is 9.90 Å². The third-order valence-corrected chi connectivity index (χ3v) is 2.37. The van der Waals surface area contributed by atoms with Crippen molar-refractivity contribution in [2.75, 3.05) is 0 Å². The molecule has 0 unspecified atom stereocenters. The van der Waals surface area contributed by atoms with Crippen molar-refractivity contribution in [3.8, 4) is 0 Å². The van der Waals surface area contributed by atoms with Crippen LogP contribution in [-0.4, -0.2) is 11.1 Å². The monoisotopic (exact) mass is 204 g/mol. The average Bonchev–Trinajstić information content (AvgIpc) is 2.24. The van der Waals surface area contributed by atoms with Crippen molar-refractivity contribution in [1.29, 1.82) is 0 Å². The van der Waals surface area contributed by atoms with Crippen molar-refractivity contribution in [3.05, 3.63) is 48.1 Å². The van der Waals surface area contributed by atoms with Gasteiger partial charge in [0.1, 0.15) is 0 Å². The van der Waals surface area contributed by atoms with Crippen molar-refractivity contribution in [2.24, 2.45) is 0 Å². The van der Waals surface area contributed by atoms with Gasteiger partial charge < -0.3 is 5.11 Å². The third-order valence-electron chi connectivity index (χ3n) is 2.37. The zero-order valence-electron chi connectivity index (χ0n) is 8.78. The fourth-order valence-corrected chi connectivity index (χ4v) is 1.46. The Labute approximate surface area is 90.3 Å². The van der Waals surface area contributed by atoms with Gasteiger partial charge in [0.25, 0.3) is 0 Å². The van der Waals surface area contributed by atoms with E-state index < -0.39 is 5.97 Å². The molecule has 2 nitrogen and oxygen atoms in total. The number of rotatable bonds is 2. The van der Waals surface area contributed by atoms with Crippen LogP contribution in [0.4, 0.5) is 0 Å². The molecule has 1 aliphatic rings. The van der Waals surface area contributed by atoms with Crippen LogP contribution >= 0.6 is 0 Å². The van der Waals surface area contributed by atoms with Gasteiger partial charge in [0.15, 0.2) is 0 Å². The van der Waals surface area contributed by atoms with Gasteiger partial charge in [0, 0.05) is 0 Å². The molecule has 0 radical (unpaired) electrons. The second kappa shape index (κ2) is 6.02. The van der Waals surface area contributed by atoms with Crippen LogP contribution in [0.2, 0.25) is 0 Å². The summed E-state index contributed by atoms with van der Waals surface area (Å²) in [4.78, 5) is 10.8. The molecule has 1 rings (SSSR count). The maximum Gasteiger partial charge on any atom is 0.335 e. The molecule has 0 aliphatic heterocycles. The van der Waals surface area contributed by atoms with Crippen LogP contribution in [0, 0.1) is 0 Å². The molecular weight excluding hydrogens is 188 g/mol. The lowest BCUT2D eigenvalue weighted by Crippen LogP contribution is -2.02. The highest BCUT2D eigenvalue weighted by atomic mass is 16.4. The van der Waals surface area contributed by atoms with Gasteiger partial charge in [-0.1, -0.05) is 37.0 Å². The first-order chi connectivity index (χ1) is 7.22. The summed E-state index contributed by atoms with van der Waals surface area (Å²) in [7, 11) is 0. The smallest absolute Gasteiger partial charge is 0.335 e. The van der Waals surface area contributed by atoms with E-state index in [0.717, 1.165) is 31.3 Å². The highest BCUT2D eigenvalue weighted by Gasteiger charge is 2.09. The molecular formula is C13H16O2. The first-order valence-electron chi connectivity index (χ1n) is 5.17. The molecule has 0 aromatic heterocycles. The molecule has 2 heteroatoms. The number of carbonyl (C=O) groups is 1. The van der Waals surface area contributed by atoms with Gasteiger partial charge in [-0.2, -0.15) is 0 Å². The van der Waals surface area contributed by atoms with Crippen molar-refractivity contribution in [3.63, 3.8) is 0 Å². The Hall–Kier alpha value is -1.57. The summed E-state index contributed by atoms with van der Waals surface area (Å²) in [5.74, 6) is -0.928. The minimum absolute atomic E-state index is 0.212. The largest absolute Gasteiger partial charge is 0.478 e. The fraction of sp³-hybridized carbons (Fsp3) is 0.308. The lowest BCUT2D eigenvalue weighted by molar-refractivity contribution is -0.132. The quantitative estimate of drug-likeness (QED) is 0.701. The SMILES string of the molecule is C=C(C(=O)O)C1=CC=CC=CCCCC1. The molecule has 0 amide bonds. The molecule has 1 aliphatic carbocycles. The van der Waals surface area contributed by atoms with Crippen LogP contribution in [0.1, 0.15) is 25.7 Å². The van der Waals surface area contributed by atoms with Gasteiger partial charge >= 0.3 is 5.97 Å². The van der Waals surface area contributed by atoms with E-state index in [9.17, 15) is 4.79 Å². The molecule has 0 spiro atoms. The van der Waals surface area contributed by atoms with Crippen LogP contribution in [0.15, 0.2) is 48.1 Å². The molecule has 0 bridgehead atoms. The molecule has 80 valence electrons. The van der Waals surface area contributed by atoms with Gasteiger partial charge in [0.05, 0.1) is 5.57 Å². The van der Waals surface area contributed by atoms with Crippen LogP contribution in [0.25, 0.3) is 0 Å². The Morgan fingerprint density at radius 2 is 2.07 bits per heavy atom. The zero-order valence-corrected chi connectivity index (χ0v) is 8.78. The van der Waals surface area contributed by atoms with E-state index in [1.165, 1.54) is 0 Å². The second-order valence-electron chi connectivity index (χ2n) is 3.53. The number of carboxylic acid groups (broad SMARTS) is 1. The van der Waals surface area contributed by atoms with E-state index in [4.69, 9.17) is 5.11 Å². The summed E-state index contributed by atoms with van der Waals surface area (Å²) in [6, 6.07) is 0. The average molecular weight is 204 g/mol. The predicted molar refractivity (Wildman–Crippen MR) is 61.6 cm³/mol. The Balaban J connectivity index is 2.79. The maximum absolute atomic E-state index is 10.8. The van der Waals surface area contributed by atoms with Gasteiger partial charge in [-0.25, -0.2) is 4.79 Å². The molecule has 0 fully saturated rings. The van der Waals surface area contributed by atoms with Crippen LogP contribution in [0.5, 0.6) is 0 Å². The van der Waals surface area contributed by atoms with E-state index in [-0.39, 0.29) is 5.57 Å². The van der Waals surface area contributed by atoms with Crippen LogP contribution in [-0.2, 0) is 4.79 Å². The number of carboxylic acids is 1. The molecule has 0 saturated heterocycles. The van der Waals surface area contributed by atoms with E-state index in [2.05, 4.69) is 12.7 Å². The topological polar surface area (TPSA) is 37.3 Å². The Morgan fingerprint density at radius 1 is 1.27 bits per heavy atom. The summed E-state index contributed by atoms with van der Waals surface area (Å²) in [6.45, 7) is 3.58. The van der Waals surface area contributed by atoms with Gasteiger partial charge in [-0.15, -0.1) is 0 Å². The summed E-state index contributed by atoms with van der Waals surface area (Å²) in [5.41, 5.74) is 1.04. The van der Waals surface area contributed by atoms with E-state index in [0.29, 0.717) is 0 Å². The van der Waals surface area contributed by atoms with Gasteiger partial charge in [-0.05, 0) is 31.3 Å². The Kier molecular flexibility index (Phi) is 4.61. The maximum atomic E-state index is 10.8. The summed E-state index contributed by atoms with van der Waals surface area (Å²) >= 11 is 0. The normalized spacial score (nSPS) is 16.9. The van der Waals surface area contributed by atoms with Crippen LogP contribution in [0.3, 0.4) is 0 Å². The molecule has 1 N–H and O–H groups in total. The van der Waals surface area contributed by atoms with E-state index in [1.807, 2.05) is 24.3 Å². The number of aliphatic carboxylic acids is 1. The summed E-state index contributed by atoms with van der Waals surface area (Å²) in [6.07, 6.45) is 13.7. The molecule has 15 heavy (non-hydrogen) atoms. The second-order valence-corrected chi connectivity index (χ2v) is 3.53. The Morgan fingerprint density at radius 3 is 2.80 bits per heavy atom. The minimum atomic E-state index is -0.928. The number of hydrogen-bond donors (Lipinski definition) is 1. The molecule has 0 aromatic carbocycles. The van der Waals surface area contributed by atoms with Gasteiger partial charge in [-0.3, -0.25) is 0 Å². The van der Waals surface area contributed by atoms with Crippen molar-refractivity contribution in [1.82, 2.24) is 0 Å². The van der Waals surface area contributed by atoms with Crippen LogP contribution < -0.4 is 0 Å². The third kappa shape index (κ3) is 3.98. The lowest BCUT2D eigenvalue weighted by Gasteiger charge is -2.06. The standard InChI is InChI=1S/C13H16O2/c1-11(13(14)15)12-9-7-5-3-2-4-6-8-10-12/h2-3,5,7,9H,1,4,6,8,10H2,(H,14,15). The lowest BCUT2D eigenvalue weighted by atomic mass is 9.99. The number of hydrogen-bond acceptors (Lipinski definition) is 1. The molecule has 0 saturated carbocycles. The number of allylic oxidation sites excluding steroid dienone is 5. The summed E-state index contributed by atoms with van der Waals surface area (Å²) in [5, 5.41) is 8.84. The molecule has 0 heterocycles. The van der Waals surface area contributed by atoms with E-state index in [1.54, 1.807) is 0 Å². The zero-order chi connectivity index (χ0) is 11.1. The van der Waals surface area contributed by atoms with Gasteiger partial charge in [0.2, 0.25) is 0 Å². The predicted octanol–water partition coefficient (Wildman–Crippen LogP) is 3.24. The first kappa shape index (κ1) is 11.5. The first-order valence-corrected chi connectivity index (χ1v) is 5.17. The summed E-state index contributed by atoms with van der Waals surface area (Å²) < 4.78 is 0. The Bertz CT molecular complexity index is 332. The van der Waals surface area contributed by atoms with Crippen molar-refractivity contribution in [2.45, 2.75) is 25.7 Å².